The Morgan fingerprint density at radius 1 is 1.19 bits per heavy atom. The van der Waals surface area contributed by atoms with Crippen LogP contribution in [0.25, 0.3) is 0 Å². The number of anilines is 3. The molecule has 0 spiro atoms. The Labute approximate surface area is 122 Å². The van der Waals surface area contributed by atoms with Crippen molar-refractivity contribution in [2.45, 2.75) is 6.42 Å². The van der Waals surface area contributed by atoms with Crippen LogP contribution < -0.4 is 10.6 Å². The minimum absolute atomic E-state index is 0.0605. The van der Waals surface area contributed by atoms with E-state index in [1.165, 1.54) is 6.07 Å². The largest absolute Gasteiger partial charge is 0.478 e. The molecule has 0 fully saturated rings. The number of hydrogen-bond donors (Lipinski definition) is 2. The fraction of sp³-hybridized carbons (Fsp3) is 0.125. The summed E-state index contributed by atoms with van der Waals surface area (Å²) < 4.78 is 0. The minimum Gasteiger partial charge on any atom is -0.478 e. The van der Waals surface area contributed by atoms with E-state index in [1.807, 2.05) is 35.2 Å². The Morgan fingerprint density at radius 2 is 1.90 bits per heavy atom. The highest BCUT2D eigenvalue weighted by atomic mass is 16.4. The predicted octanol–water partition coefficient (Wildman–Crippen LogP) is 3.02. The van der Waals surface area contributed by atoms with Gasteiger partial charge in [-0.3, -0.25) is 0 Å². The summed E-state index contributed by atoms with van der Waals surface area (Å²) in [6, 6.07) is 16.4. The van der Waals surface area contributed by atoms with Crippen LogP contribution >= 0.6 is 0 Å². The Hall–Kier alpha value is -3.00. The molecule has 5 nitrogen and oxygen atoms in total. The third-order valence-electron chi connectivity index (χ3n) is 3.12. The quantitative estimate of drug-likeness (QED) is 0.822. The van der Waals surface area contributed by atoms with Crippen molar-refractivity contribution in [2.24, 2.45) is 0 Å². The van der Waals surface area contributed by atoms with Crippen molar-refractivity contribution < 1.29 is 9.90 Å². The summed E-state index contributed by atoms with van der Waals surface area (Å²) in [5, 5.41) is 18.0. The van der Waals surface area contributed by atoms with Crippen molar-refractivity contribution >= 4 is 23.0 Å². The predicted molar refractivity (Wildman–Crippen MR) is 81.5 cm³/mol. The molecule has 0 aliphatic carbocycles. The van der Waals surface area contributed by atoms with Crippen LogP contribution in [0.5, 0.6) is 0 Å². The number of para-hydroxylation sites is 2. The number of aromatic carboxylic acids is 1. The van der Waals surface area contributed by atoms with E-state index in [4.69, 9.17) is 16.1 Å². The molecule has 0 atom stereocenters. The highest BCUT2D eigenvalue weighted by Gasteiger charge is 2.16. The van der Waals surface area contributed by atoms with E-state index in [2.05, 4.69) is 6.07 Å². The lowest BCUT2D eigenvalue weighted by Gasteiger charge is -2.26. The molecule has 5 heteroatoms. The first-order valence-electron chi connectivity index (χ1n) is 6.46. The average Bonchev–Trinajstić information content (AvgIpc) is 2.50. The van der Waals surface area contributed by atoms with E-state index in [0.29, 0.717) is 18.7 Å². The number of nitrogens with two attached hydrogens (primary N) is 1. The number of rotatable bonds is 5. The molecule has 0 amide bonds. The fourth-order valence-corrected chi connectivity index (χ4v) is 2.13. The maximum Gasteiger partial charge on any atom is 0.337 e. The summed E-state index contributed by atoms with van der Waals surface area (Å²) >= 11 is 0. The molecule has 0 radical (unpaired) electrons. The molecule has 2 aromatic rings. The lowest BCUT2D eigenvalue weighted by Crippen LogP contribution is -2.20. The van der Waals surface area contributed by atoms with Crippen molar-refractivity contribution in [3.05, 3.63) is 54.1 Å². The van der Waals surface area contributed by atoms with Crippen LogP contribution in [-0.4, -0.2) is 17.6 Å². The lowest BCUT2D eigenvalue weighted by molar-refractivity contribution is 0.0698. The number of nitrogen functional groups attached to an aromatic ring is 1. The zero-order chi connectivity index (χ0) is 15.2. The van der Waals surface area contributed by atoms with Crippen LogP contribution in [0.15, 0.2) is 48.5 Å². The zero-order valence-corrected chi connectivity index (χ0v) is 11.4. The second-order valence-corrected chi connectivity index (χ2v) is 4.44. The maximum absolute atomic E-state index is 11.2. The molecule has 0 saturated heterocycles. The van der Waals surface area contributed by atoms with Gasteiger partial charge in [-0.1, -0.05) is 24.3 Å². The molecular formula is C16H15N3O2. The van der Waals surface area contributed by atoms with Crippen molar-refractivity contribution in [1.82, 2.24) is 0 Å². The van der Waals surface area contributed by atoms with Crippen LogP contribution in [-0.2, 0) is 0 Å². The first-order chi connectivity index (χ1) is 10.1. The number of carboxylic acids is 1. The van der Waals surface area contributed by atoms with Crippen molar-refractivity contribution in [2.75, 3.05) is 17.2 Å². The van der Waals surface area contributed by atoms with Crippen LogP contribution in [0, 0.1) is 11.3 Å². The summed E-state index contributed by atoms with van der Waals surface area (Å²) in [4.78, 5) is 13.0. The molecule has 0 aromatic heterocycles. The number of benzene rings is 2. The fourth-order valence-electron chi connectivity index (χ4n) is 2.13. The van der Waals surface area contributed by atoms with E-state index in [0.717, 1.165) is 5.69 Å². The summed E-state index contributed by atoms with van der Waals surface area (Å²) in [5.41, 5.74) is 7.71. The summed E-state index contributed by atoms with van der Waals surface area (Å²) in [5.74, 6) is -1.07. The van der Waals surface area contributed by atoms with Gasteiger partial charge in [0.05, 0.1) is 29.4 Å². The van der Waals surface area contributed by atoms with Gasteiger partial charge in [-0.25, -0.2) is 4.79 Å². The lowest BCUT2D eigenvalue weighted by atomic mass is 10.1. The van der Waals surface area contributed by atoms with E-state index < -0.39 is 5.97 Å². The molecule has 106 valence electrons. The van der Waals surface area contributed by atoms with Gasteiger partial charge in [0.15, 0.2) is 0 Å². The Balaban J connectivity index is 2.50. The number of nitrogens with zero attached hydrogens (tertiary/aromatic N) is 2. The zero-order valence-electron chi connectivity index (χ0n) is 11.4. The average molecular weight is 281 g/mol. The van der Waals surface area contributed by atoms with Gasteiger partial charge in [-0.05, 0) is 24.3 Å². The summed E-state index contributed by atoms with van der Waals surface area (Å²) in [6.45, 7) is 0.438. The van der Waals surface area contributed by atoms with Crippen LogP contribution in [0.4, 0.5) is 17.1 Å². The van der Waals surface area contributed by atoms with Crippen LogP contribution in [0.1, 0.15) is 16.8 Å². The third-order valence-corrected chi connectivity index (χ3v) is 3.12. The van der Waals surface area contributed by atoms with Gasteiger partial charge in [-0.2, -0.15) is 5.26 Å². The van der Waals surface area contributed by atoms with Crippen molar-refractivity contribution in [1.29, 1.82) is 5.26 Å². The number of hydrogen-bond acceptors (Lipinski definition) is 4. The molecule has 2 rings (SSSR count). The summed E-state index contributed by atoms with van der Waals surface area (Å²) in [6.07, 6.45) is 0.311. The first-order valence-corrected chi connectivity index (χ1v) is 6.46. The molecule has 2 aromatic carbocycles. The summed E-state index contributed by atoms with van der Waals surface area (Å²) in [7, 11) is 0. The molecular weight excluding hydrogens is 266 g/mol. The first kappa shape index (κ1) is 14.4. The van der Waals surface area contributed by atoms with Gasteiger partial charge in [-0.15, -0.1) is 0 Å². The Bertz CT molecular complexity index is 678. The highest BCUT2D eigenvalue weighted by molar-refractivity contribution is 5.98. The van der Waals surface area contributed by atoms with Gasteiger partial charge in [0.1, 0.15) is 0 Å². The van der Waals surface area contributed by atoms with E-state index in [1.54, 1.807) is 12.1 Å². The van der Waals surface area contributed by atoms with Crippen molar-refractivity contribution in [3.8, 4) is 6.07 Å². The van der Waals surface area contributed by atoms with Gasteiger partial charge in [0.2, 0.25) is 0 Å². The number of carbonyl (C=O) groups is 1. The Morgan fingerprint density at radius 3 is 2.52 bits per heavy atom. The molecule has 0 unspecified atom stereocenters. The molecule has 3 N–H and O–H groups in total. The normalized spacial score (nSPS) is 9.86. The molecule has 0 heterocycles. The smallest absolute Gasteiger partial charge is 0.337 e. The standard InChI is InChI=1S/C16H15N3O2/c17-10-5-11-19(12-6-2-1-3-7-12)14-9-4-8-13(15(14)18)16(20)21/h1-4,6-9H,5,11,18H2,(H,20,21). The van der Waals surface area contributed by atoms with E-state index >= 15 is 0 Å². The van der Waals surface area contributed by atoms with E-state index in [9.17, 15) is 4.79 Å². The van der Waals surface area contributed by atoms with Gasteiger partial charge in [0, 0.05) is 12.2 Å². The highest BCUT2D eigenvalue weighted by Crippen LogP contribution is 2.32. The topological polar surface area (TPSA) is 90.3 Å². The molecule has 0 aliphatic rings. The van der Waals surface area contributed by atoms with E-state index in [-0.39, 0.29) is 11.3 Å². The molecule has 21 heavy (non-hydrogen) atoms. The maximum atomic E-state index is 11.2. The number of carboxylic acid groups (broad SMARTS) is 1. The molecule has 0 saturated carbocycles. The van der Waals surface area contributed by atoms with Gasteiger partial charge < -0.3 is 15.7 Å². The van der Waals surface area contributed by atoms with Gasteiger partial charge >= 0.3 is 5.97 Å². The minimum atomic E-state index is -1.07. The third kappa shape index (κ3) is 3.12. The molecule has 0 aliphatic heterocycles. The van der Waals surface area contributed by atoms with Crippen LogP contribution in [0.3, 0.4) is 0 Å². The second kappa shape index (κ2) is 6.44. The Kier molecular flexibility index (Phi) is 4.42. The van der Waals surface area contributed by atoms with Crippen LogP contribution in [0.2, 0.25) is 0 Å². The van der Waals surface area contributed by atoms with Crippen molar-refractivity contribution in [3.63, 3.8) is 0 Å². The SMILES string of the molecule is N#CCCN(c1ccccc1)c1cccc(C(=O)O)c1N. The number of nitriles is 1. The molecule has 0 bridgehead atoms. The second-order valence-electron chi connectivity index (χ2n) is 4.44. The monoisotopic (exact) mass is 281 g/mol. The van der Waals surface area contributed by atoms with Gasteiger partial charge in [0.25, 0.3) is 0 Å².